The zero-order valence-corrected chi connectivity index (χ0v) is 23.7. The SMILES string of the molecule is CC(C)(C)[Si](OC[C@@H](CN)N[C@@H]1CN[C@H](C(=O)OCc2ccccc2)C1)(c1ccccc1)c1ccccc1. The lowest BCUT2D eigenvalue weighted by Crippen LogP contribution is -2.67. The third-order valence-corrected chi connectivity index (χ3v) is 12.3. The van der Waals surface area contributed by atoms with E-state index >= 15 is 0 Å². The normalized spacial score (nSPS) is 18.7. The van der Waals surface area contributed by atoms with Crippen LogP contribution in [0.2, 0.25) is 5.04 Å². The number of carbonyl (C=O) groups is 1. The molecule has 1 saturated heterocycles. The fraction of sp³-hybridized carbons (Fsp3) is 0.387. The first-order valence-corrected chi connectivity index (χ1v) is 15.4. The van der Waals surface area contributed by atoms with Gasteiger partial charge in [-0.05, 0) is 27.4 Å². The van der Waals surface area contributed by atoms with Crippen molar-refractivity contribution in [3.63, 3.8) is 0 Å². The van der Waals surface area contributed by atoms with Gasteiger partial charge >= 0.3 is 5.97 Å². The lowest BCUT2D eigenvalue weighted by Gasteiger charge is -2.43. The van der Waals surface area contributed by atoms with Gasteiger partial charge in [0.25, 0.3) is 8.32 Å². The number of carbonyl (C=O) groups excluding carboxylic acids is 1. The molecule has 0 bridgehead atoms. The van der Waals surface area contributed by atoms with Crippen LogP contribution in [0.5, 0.6) is 0 Å². The molecule has 4 rings (SSSR count). The van der Waals surface area contributed by atoms with Gasteiger partial charge in [-0.3, -0.25) is 4.79 Å². The molecule has 0 spiro atoms. The first-order valence-electron chi connectivity index (χ1n) is 13.5. The zero-order chi connectivity index (χ0) is 27.0. The maximum Gasteiger partial charge on any atom is 0.323 e. The molecule has 1 aliphatic rings. The van der Waals surface area contributed by atoms with Crippen molar-refractivity contribution in [2.75, 3.05) is 19.7 Å². The highest BCUT2D eigenvalue weighted by molar-refractivity contribution is 6.99. The topological polar surface area (TPSA) is 85.6 Å². The summed E-state index contributed by atoms with van der Waals surface area (Å²) in [4.78, 5) is 12.6. The summed E-state index contributed by atoms with van der Waals surface area (Å²) in [5.74, 6) is -0.217. The van der Waals surface area contributed by atoms with E-state index in [0.717, 1.165) is 5.56 Å². The molecule has 0 aliphatic carbocycles. The monoisotopic (exact) mass is 531 g/mol. The summed E-state index contributed by atoms with van der Waals surface area (Å²) in [5.41, 5.74) is 7.22. The summed E-state index contributed by atoms with van der Waals surface area (Å²) in [5, 5.41) is 9.36. The highest BCUT2D eigenvalue weighted by Crippen LogP contribution is 2.36. The summed E-state index contributed by atoms with van der Waals surface area (Å²) in [6.07, 6.45) is 0.656. The third kappa shape index (κ3) is 6.60. The molecule has 4 N–H and O–H groups in total. The van der Waals surface area contributed by atoms with Gasteiger partial charge in [-0.15, -0.1) is 0 Å². The number of esters is 1. The van der Waals surface area contributed by atoms with E-state index in [0.29, 0.717) is 26.1 Å². The van der Waals surface area contributed by atoms with Crippen LogP contribution in [0.3, 0.4) is 0 Å². The largest absolute Gasteiger partial charge is 0.460 e. The van der Waals surface area contributed by atoms with Gasteiger partial charge in [0, 0.05) is 25.2 Å². The Morgan fingerprint density at radius 2 is 1.53 bits per heavy atom. The highest BCUT2D eigenvalue weighted by Gasteiger charge is 2.50. The molecule has 0 radical (unpaired) electrons. The summed E-state index contributed by atoms with van der Waals surface area (Å²) < 4.78 is 12.6. The predicted octanol–water partition coefficient (Wildman–Crippen LogP) is 2.95. The summed E-state index contributed by atoms with van der Waals surface area (Å²) in [6.45, 7) is 8.72. The molecule has 0 aromatic heterocycles. The van der Waals surface area contributed by atoms with E-state index in [9.17, 15) is 4.79 Å². The molecule has 1 fully saturated rings. The molecule has 0 unspecified atom stereocenters. The quantitative estimate of drug-likeness (QED) is 0.261. The average molecular weight is 532 g/mol. The molecule has 0 amide bonds. The van der Waals surface area contributed by atoms with Crippen molar-refractivity contribution in [2.24, 2.45) is 5.73 Å². The molecule has 7 heteroatoms. The van der Waals surface area contributed by atoms with Crippen LogP contribution >= 0.6 is 0 Å². The average Bonchev–Trinajstić information content (AvgIpc) is 3.41. The van der Waals surface area contributed by atoms with Crippen LogP contribution in [-0.2, 0) is 20.6 Å². The minimum atomic E-state index is -2.64. The standard InChI is InChI=1S/C31H41N3O3Si/c1-31(2,3)38(27-15-9-5-10-16-27,28-17-11-6-12-18-28)37-23-26(20-32)34-25-19-29(33-21-25)30(35)36-22-24-13-7-4-8-14-24/h4-18,25-26,29,33-34H,19-23,32H2,1-3H3/t25-,26+,29-/m0/s1. The van der Waals surface area contributed by atoms with E-state index in [1.54, 1.807) is 0 Å². The van der Waals surface area contributed by atoms with Crippen LogP contribution in [0, 0.1) is 0 Å². The van der Waals surface area contributed by atoms with Crippen molar-refractivity contribution < 1.29 is 14.0 Å². The molecule has 6 nitrogen and oxygen atoms in total. The molecule has 0 saturated carbocycles. The van der Waals surface area contributed by atoms with Gasteiger partial charge in [0.1, 0.15) is 12.6 Å². The summed E-state index contributed by atoms with van der Waals surface area (Å²) in [6, 6.07) is 30.7. The van der Waals surface area contributed by atoms with Crippen molar-refractivity contribution in [2.45, 2.75) is 57.0 Å². The van der Waals surface area contributed by atoms with Gasteiger partial charge in [-0.2, -0.15) is 0 Å². The summed E-state index contributed by atoms with van der Waals surface area (Å²) >= 11 is 0. The Balaban J connectivity index is 1.42. The molecule has 3 aromatic rings. The maximum absolute atomic E-state index is 12.6. The lowest BCUT2D eigenvalue weighted by molar-refractivity contribution is -0.147. The smallest absolute Gasteiger partial charge is 0.323 e. The zero-order valence-electron chi connectivity index (χ0n) is 22.7. The fourth-order valence-electron chi connectivity index (χ4n) is 5.38. The third-order valence-electron chi connectivity index (χ3n) is 7.31. The van der Waals surface area contributed by atoms with Crippen molar-refractivity contribution in [3.05, 3.63) is 96.6 Å². The van der Waals surface area contributed by atoms with Gasteiger partial charge < -0.3 is 25.5 Å². The van der Waals surface area contributed by atoms with E-state index in [2.05, 4.69) is 92.1 Å². The molecule has 202 valence electrons. The number of rotatable bonds is 11. The number of benzene rings is 3. The Bertz CT molecular complexity index is 1100. The predicted molar refractivity (Wildman–Crippen MR) is 156 cm³/mol. The second kappa shape index (κ2) is 12.8. The number of ether oxygens (including phenoxy) is 1. The number of nitrogens with one attached hydrogen (secondary N) is 2. The molecule has 3 atom stereocenters. The minimum Gasteiger partial charge on any atom is -0.460 e. The van der Waals surface area contributed by atoms with E-state index in [1.807, 2.05) is 30.3 Å². The second-order valence-corrected chi connectivity index (χ2v) is 15.4. The first kappa shape index (κ1) is 28.2. The number of nitrogens with two attached hydrogens (primary N) is 1. The Kier molecular flexibility index (Phi) is 9.52. The van der Waals surface area contributed by atoms with Crippen molar-refractivity contribution >= 4 is 24.7 Å². The van der Waals surface area contributed by atoms with Crippen LogP contribution in [0.4, 0.5) is 0 Å². The van der Waals surface area contributed by atoms with Crippen molar-refractivity contribution in [1.29, 1.82) is 0 Å². The van der Waals surface area contributed by atoms with Gasteiger partial charge in [0.15, 0.2) is 0 Å². The number of hydrogen-bond donors (Lipinski definition) is 3. The Labute approximate surface area is 228 Å². The lowest BCUT2D eigenvalue weighted by atomic mass is 10.1. The Morgan fingerprint density at radius 1 is 0.974 bits per heavy atom. The van der Waals surface area contributed by atoms with E-state index < -0.39 is 8.32 Å². The summed E-state index contributed by atoms with van der Waals surface area (Å²) in [7, 11) is -2.64. The molecule has 1 aliphatic heterocycles. The molecule has 3 aromatic carbocycles. The van der Waals surface area contributed by atoms with Crippen molar-refractivity contribution in [1.82, 2.24) is 10.6 Å². The fourth-order valence-corrected chi connectivity index (χ4v) is 9.98. The van der Waals surface area contributed by atoms with Crippen LogP contribution in [0.15, 0.2) is 91.0 Å². The Hall–Kier alpha value is -2.81. The highest BCUT2D eigenvalue weighted by atomic mass is 28.4. The molecule has 38 heavy (non-hydrogen) atoms. The molecular weight excluding hydrogens is 490 g/mol. The van der Waals surface area contributed by atoms with Crippen LogP contribution < -0.4 is 26.7 Å². The van der Waals surface area contributed by atoms with Gasteiger partial charge in [0.05, 0.1) is 6.61 Å². The number of hydrogen-bond acceptors (Lipinski definition) is 6. The van der Waals surface area contributed by atoms with E-state index in [-0.39, 0.29) is 35.7 Å². The van der Waals surface area contributed by atoms with Gasteiger partial charge in [-0.25, -0.2) is 0 Å². The Morgan fingerprint density at radius 3 is 2.05 bits per heavy atom. The maximum atomic E-state index is 12.6. The van der Waals surface area contributed by atoms with Crippen molar-refractivity contribution in [3.8, 4) is 0 Å². The van der Waals surface area contributed by atoms with E-state index in [4.69, 9.17) is 14.9 Å². The molecule has 1 heterocycles. The van der Waals surface area contributed by atoms with Gasteiger partial charge in [0.2, 0.25) is 0 Å². The van der Waals surface area contributed by atoms with Gasteiger partial charge in [-0.1, -0.05) is 112 Å². The van der Waals surface area contributed by atoms with Crippen LogP contribution in [0.1, 0.15) is 32.8 Å². The van der Waals surface area contributed by atoms with Crippen LogP contribution in [0.25, 0.3) is 0 Å². The first-order chi connectivity index (χ1) is 18.3. The van der Waals surface area contributed by atoms with Crippen LogP contribution in [-0.4, -0.2) is 52.1 Å². The second-order valence-electron chi connectivity index (χ2n) is 11.1. The molecular formula is C31H41N3O3Si. The van der Waals surface area contributed by atoms with E-state index in [1.165, 1.54) is 10.4 Å². The minimum absolute atomic E-state index is 0.0393.